The zero-order valence-corrected chi connectivity index (χ0v) is 17.5. The van der Waals surface area contributed by atoms with Crippen molar-refractivity contribution in [3.63, 3.8) is 0 Å². The molecule has 158 valence electrons. The molecule has 0 aliphatic heterocycles. The molecule has 0 bridgehead atoms. The topological polar surface area (TPSA) is 75.7 Å². The number of hydrogen-bond acceptors (Lipinski definition) is 4. The minimum atomic E-state index is -3.92. The summed E-state index contributed by atoms with van der Waals surface area (Å²) in [4.78, 5) is 12.4. The highest BCUT2D eigenvalue weighted by Gasteiger charge is 2.29. The predicted molar refractivity (Wildman–Crippen MR) is 108 cm³/mol. The van der Waals surface area contributed by atoms with Crippen molar-refractivity contribution in [3.8, 4) is 5.75 Å². The maximum absolute atomic E-state index is 13.5. The van der Waals surface area contributed by atoms with Crippen LogP contribution in [0, 0.1) is 25.5 Å². The fraction of sp³-hybridized carbons (Fsp3) is 0.350. The van der Waals surface area contributed by atoms with E-state index in [9.17, 15) is 22.0 Å². The molecular weight excluding hydrogens is 402 g/mol. The Kier molecular flexibility index (Phi) is 7.18. The third kappa shape index (κ3) is 5.66. The lowest BCUT2D eigenvalue weighted by atomic mass is 10.1. The number of benzene rings is 2. The number of carbonyl (C=O) groups is 1. The fourth-order valence-corrected chi connectivity index (χ4v) is 3.96. The first-order valence-electron chi connectivity index (χ1n) is 8.93. The fourth-order valence-electron chi connectivity index (χ4n) is 2.79. The normalized spacial score (nSPS) is 12.3. The number of rotatable bonds is 8. The Hall–Kier alpha value is -2.68. The summed E-state index contributed by atoms with van der Waals surface area (Å²) in [6.07, 6.45) is 0.891. The summed E-state index contributed by atoms with van der Waals surface area (Å²) in [7, 11) is -3.92. The van der Waals surface area contributed by atoms with Crippen molar-refractivity contribution in [1.29, 1.82) is 0 Å². The number of amides is 1. The van der Waals surface area contributed by atoms with Gasteiger partial charge in [-0.25, -0.2) is 17.2 Å². The van der Waals surface area contributed by atoms with E-state index in [-0.39, 0.29) is 18.8 Å². The minimum Gasteiger partial charge on any atom is -0.491 e. The molecule has 0 heterocycles. The van der Waals surface area contributed by atoms with Gasteiger partial charge < -0.3 is 10.1 Å². The van der Waals surface area contributed by atoms with Crippen LogP contribution in [0.4, 0.5) is 14.5 Å². The highest BCUT2D eigenvalue weighted by molar-refractivity contribution is 7.92. The van der Waals surface area contributed by atoms with E-state index in [1.165, 1.54) is 6.92 Å². The van der Waals surface area contributed by atoms with E-state index < -0.39 is 33.6 Å². The molecule has 0 aliphatic carbocycles. The highest BCUT2D eigenvalue weighted by Crippen LogP contribution is 2.23. The maximum atomic E-state index is 13.5. The van der Waals surface area contributed by atoms with E-state index in [1.54, 1.807) is 0 Å². The highest BCUT2D eigenvalue weighted by atomic mass is 32.2. The van der Waals surface area contributed by atoms with Crippen LogP contribution in [-0.2, 0) is 14.8 Å². The third-order valence-electron chi connectivity index (χ3n) is 4.46. The second kappa shape index (κ2) is 9.21. The minimum absolute atomic E-state index is 0.138. The Bertz CT molecular complexity index is 996. The quantitative estimate of drug-likeness (QED) is 0.659. The monoisotopic (exact) mass is 426 g/mol. The lowest BCUT2D eigenvalue weighted by molar-refractivity contribution is -0.121. The Morgan fingerprint density at radius 2 is 1.86 bits per heavy atom. The van der Waals surface area contributed by atoms with Crippen LogP contribution >= 0.6 is 0 Å². The Labute approximate surface area is 169 Å². The molecule has 1 amide bonds. The van der Waals surface area contributed by atoms with E-state index >= 15 is 0 Å². The lowest BCUT2D eigenvalue weighted by Gasteiger charge is -2.28. The first-order valence-corrected chi connectivity index (χ1v) is 10.8. The van der Waals surface area contributed by atoms with Crippen molar-refractivity contribution < 1.29 is 26.7 Å². The number of nitrogens with zero attached hydrogens (tertiary/aromatic N) is 1. The molecule has 1 N–H and O–H groups in total. The summed E-state index contributed by atoms with van der Waals surface area (Å²) in [6.45, 7) is 5.59. The number of aryl methyl sites for hydroxylation is 1. The van der Waals surface area contributed by atoms with Gasteiger partial charge in [0.25, 0.3) is 0 Å². The van der Waals surface area contributed by atoms with Crippen LogP contribution in [0.3, 0.4) is 0 Å². The van der Waals surface area contributed by atoms with Gasteiger partial charge in [0.05, 0.1) is 18.5 Å². The summed E-state index contributed by atoms with van der Waals surface area (Å²) < 4.78 is 57.5. The molecule has 0 aromatic heterocycles. The van der Waals surface area contributed by atoms with E-state index in [2.05, 4.69) is 5.32 Å². The number of nitrogens with one attached hydrogen (secondary N) is 1. The van der Waals surface area contributed by atoms with Gasteiger partial charge in [-0.2, -0.15) is 0 Å². The molecule has 6 nitrogen and oxygen atoms in total. The SMILES string of the molecule is Cc1cccc(OCCNC(=O)[C@@H](C)N(c2ccc(F)c(F)c2)S(C)(=O)=O)c1C. The van der Waals surface area contributed by atoms with Gasteiger partial charge in [0.1, 0.15) is 18.4 Å². The van der Waals surface area contributed by atoms with E-state index in [1.807, 2.05) is 32.0 Å². The Balaban J connectivity index is 2.03. The van der Waals surface area contributed by atoms with E-state index in [0.29, 0.717) is 5.75 Å². The van der Waals surface area contributed by atoms with E-state index in [0.717, 1.165) is 39.9 Å². The molecular formula is C20H24F2N2O4S. The van der Waals surface area contributed by atoms with Crippen LogP contribution in [0.15, 0.2) is 36.4 Å². The summed E-state index contributed by atoms with van der Waals surface area (Å²) in [6, 6.07) is 7.13. The molecule has 0 unspecified atom stereocenters. The molecule has 0 aliphatic rings. The molecule has 0 spiro atoms. The van der Waals surface area contributed by atoms with Crippen LogP contribution in [0.1, 0.15) is 18.1 Å². The van der Waals surface area contributed by atoms with Gasteiger partial charge >= 0.3 is 0 Å². The smallest absolute Gasteiger partial charge is 0.243 e. The van der Waals surface area contributed by atoms with Crippen molar-refractivity contribution >= 4 is 21.6 Å². The van der Waals surface area contributed by atoms with Crippen molar-refractivity contribution in [2.24, 2.45) is 0 Å². The van der Waals surface area contributed by atoms with Crippen molar-refractivity contribution in [2.75, 3.05) is 23.7 Å². The van der Waals surface area contributed by atoms with Gasteiger partial charge in [-0.05, 0) is 50.1 Å². The van der Waals surface area contributed by atoms with Crippen molar-refractivity contribution in [3.05, 3.63) is 59.2 Å². The average Bonchev–Trinajstić information content (AvgIpc) is 2.63. The van der Waals surface area contributed by atoms with Crippen LogP contribution in [-0.4, -0.2) is 39.8 Å². The number of sulfonamides is 1. The molecule has 0 fully saturated rings. The lowest BCUT2D eigenvalue weighted by Crippen LogP contribution is -2.48. The van der Waals surface area contributed by atoms with Crippen LogP contribution in [0.2, 0.25) is 0 Å². The second-order valence-corrected chi connectivity index (χ2v) is 8.53. The van der Waals surface area contributed by atoms with Crippen LogP contribution in [0.5, 0.6) is 5.75 Å². The average molecular weight is 426 g/mol. The molecule has 0 radical (unpaired) electrons. The van der Waals surface area contributed by atoms with Gasteiger partial charge in [0, 0.05) is 6.07 Å². The first-order chi connectivity index (χ1) is 13.5. The van der Waals surface area contributed by atoms with E-state index in [4.69, 9.17) is 4.74 Å². The largest absolute Gasteiger partial charge is 0.491 e. The van der Waals surface area contributed by atoms with Crippen molar-refractivity contribution in [2.45, 2.75) is 26.8 Å². The summed E-state index contributed by atoms with van der Waals surface area (Å²) in [5.41, 5.74) is 1.94. The Morgan fingerprint density at radius 1 is 1.17 bits per heavy atom. The molecule has 2 rings (SSSR count). The molecule has 29 heavy (non-hydrogen) atoms. The summed E-state index contributed by atoms with van der Waals surface area (Å²) in [5.74, 6) is -2.20. The van der Waals surface area contributed by atoms with Gasteiger partial charge in [0.15, 0.2) is 11.6 Å². The number of carbonyl (C=O) groups excluding carboxylic acids is 1. The standard InChI is InChI=1S/C20H24F2N2O4S/c1-13-6-5-7-19(14(13)2)28-11-10-23-20(25)15(3)24(29(4,26)27)16-8-9-17(21)18(22)12-16/h5-9,12,15H,10-11H2,1-4H3,(H,23,25)/t15-/m1/s1. The number of halogens is 2. The van der Waals surface area contributed by atoms with Gasteiger partial charge in [-0.3, -0.25) is 9.10 Å². The molecule has 2 aromatic carbocycles. The number of hydrogen-bond donors (Lipinski definition) is 1. The first kappa shape index (κ1) is 22.6. The zero-order chi connectivity index (χ0) is 21.8. The van der Waals surface area contributed by atoms with Gasteiger partial charge in [-0.15, -0.1) is 0 Å². The summed E-state index contributed by atoms with van der Waals surface area (Å²) in [5, 5.41) is 2.60. The molecule has 1 atom stereocenters. The van der Waals surface area contributed by atoms with Crippen molar-refractivity contribution in [1.82, 2.24) is 5.32 Å². The maximum Gasteiger partial charge on any atom is 0.243 e. The van der Waals surface area contributed by atoms with Gasteiger partial charge in [0.2, 0.25) is 15.9 Å². The Morgan fingerprint density at radius 3 is 2.48 bits per heavy atom. The predicted octanol–water partition coefficient (Wildman–Crippen LogP) is 2.93. The summed E-state index contributed by atoms with van der Waals surface area (Å²) >= 11 is 0. The molecule has 2 aromatic rings. The van der Waals surface area contributed by atoms with Crippen LogP contribution < -0.4 is 14.4 Å². The third-order valence-corrected chi connectivity index (χ3v) is 5.70. The van der Waals surface area contributed by atoms with Gasteiger partial charge in [-0.1, -0.05) is 12.1 Å². The molecule has 9 heteroatoms. The second-order valence-electron chi connectivity index (χ2n) is 6.67. The number of ether oxygens (including phenoxy) is 1. The molecule has 0 saturated carbocycles. The number of anilines is 1. The van der Waals surface area contributed by atoms with Crippen LogP contribution in [0.25, 0.3) is 0 Å². The zero-order valence-electron chi connectivity index (χ0n) is 16.7. The molecule has 0 saturated heterocycles.